The summed E-state index contributed by atoms with van der Waals surface area (Å²) >= 11 is 4.42. The summed E-state index contributed by atoms with van der Waals surface area (Å²) in [5.74, 6) is 4.03. The van der Waals surface area contributed by atoms with Crippen LogP contribution in [0, 0.1) is 3.57 Å². The first-order valence-electron chi connectivity index (χ1n) is 6.66. The zero-order valence-electron chi connectivity index (χ0n) is 10.6. The van der Waals surface area contributed by atoms with Gasteiger partial charge in [0.05, 0.1) is 14.5 Å². The van der Waals surface area contributed by atoms with E-state index in [4.69, 9.17) is 9.97 Å². The Labute approximate surface area is 126 Å². The van der Waals surface area contributed by atoms with Gasteiger partial charge >= 0.3 is 0 Å². The molecule has 2 heterocycles. The average molecular weight is 375 g/mol. The Kier molecular flexibility index (Phi) is 3.98. The van der Waals surface area contributed by atoms with Crippen LogP contribution in [-0.4, -0.2) is 22.8 Å². The van der Waals surface area contributed by atoms with E-state index in [1.165, 1.54) is 47.1 Å². The summed E-state index contributed by atoms with van der Waals surface area (Å²) in [6.45, 7) is 0. The van der Waals surface area contributed by atoms with E-state index in [1.807, 2.05) is 18.8 Å². The Morgan fingerprint density at radius 1 is 1.22 bits per heavy atom. The van der Waals surface area contributed by atoms with E-state index >= 15 is 0 Å². The van der Waals surface area contributed by atoms with Crippen LogP contribution in [0.2, 0.25) is 0 Å². The van der Waals surface area contributed by atoms with Crippen molar-refractivity contribution < 1.29 is 0 Å². The van der Waals surface area contributed by atoms with Crippen LogP contribution >= 0.6 is 34.4 Å². The first kappa shape index (κ1) is 13.0. The fourth-order valence-electron chi connectivity index (χ4n) is 2.36. The lowest BCUT2D eigenvalue weighted by Gasteiger charge is -2.21. The molecule has 0 spiro atoms. The largest absolute Gasteiger partial charge is 0.372 e. The van der Waals surface area contributed by atoms with E-state index in [1.54, 1.807) is 0 Å². The number of hydrogen-bond acceptors (Lipinski definition) is 4. The first-order chi connectivity index (χ1) is 8.79. The molecule has 5 heteroatoms. The Morgan fingerprint density at radius 3 is 2.67 bits per heavy atom. The summed E-state index contributed by atoms with van der Waals surface area (Å²) in [5.41, 5.74) is 1.29. The lowest BCUT2D eigenvalue weighted by molar-refractivity contribution is 0.658. The maximum absolute atomic E-state index is 4.89. The molecule has 2 fully saturated rings. The maximum Gasteiger partial charge on any atom is 0.144 e. The van der Waals surface area contributed by atoms with Crippen molar-refractivity contribution in [2.75, 3.05) is 18.1 Å². The van der Waals surface area contributed by atoms with Gasteiger partial charge in [-0.15, -0.1) is 0 Å². The Bertz CT molecular complexity index is 442. The number of hydrogen-bond donors (Lipinski definition) is 1. The van der Waals surface area contributed by atoms with Crippen LogP contribution in [0.5, 0.6) is 0 Å². The standard InChI is InChI=1S/C13H18IN3S/c1-15-13-10(14)11(8-5-6-8)16-12(17-13)9-4-2-3-7-18-9/h8-9H,2-7H2,1H3,(H,15,16,17). The fraction of sp³-hybridized carbons (Fsp3) is 0.692. The minimum absolute atomic E-state index is 0.514. The second kappa shape index (κ2) is 5.53. The third kappa shape index (κ3) is 2.61. The molecule has 1 aliphatic heterocycles. The van der Waals surface area contributed by atoms with Crippen molar-refractivity contribution in [3.05, 3.63) is 15.1 Å². The van der Waals surface area contributed by atoms with Crippen LogP contribution in [-0.2, 0) is 0 Å². The summed E-state index contributed by atoms with van der Waals surface area (Å²) in [4.78, 5) is 9.62. The van der Waals surface area contributed by atoms with Crippen LogP contribution in [0.15, 0.2) is 0 Å². The smallest absolute Gasteiger partial charge is 0.144 e. The highest BCUT2D eigenvalue weighted by atomic mass is 127. The van der Waals surface area contributed by atoms with E-state index in [-0.39, 0.29) is 0 Å². The molecule has 98 valence electrons. The second-order valence-electron chi connectivity index (χ2n) is 5.01. The van der Waals surface area contributed by atoms with Crippen molar-refractivity contribution in [2.45, 2.75) is 43.3 Å². The summed E-state index contributed by atoms with van der Waals surface area (Å²) in [6.07, 6.45) is 6.50. The minimum atomic E-state index is 0.514. The average Bonchev–Trinajstić information content (AvgIpc) is 3.24. The molecule has 1 aromatic heterocycles. The third-order valence-electron chi connectivity index (χ3n) is 3.56. The van der Waals surface area contributed by atoms with Crippen molar-refractivity contribution in [2.24, 2.45) is 0 Å². The van der Waals surface area contributed by atoms with Gasteiger partial charge in [0, 0.05) is 13.0 Å². The van der Waals surface area contributed by atoms with Gasteiger partial charge in [-0.3, -0.25) is 0 Å². The lowest BCUT2D eigenvalue weighted by atomic mass is 10.1. The first-order valence-corrected chi connectivity index (χ1v) is 8.79. The zero-order chi connectivity index (χ0) is 12.5. The second-order valence-corrected chi connectivity index (χ2v) is 7.40. The molecule has 1 unspecified atom stereocenters. The van der Waals surface area contributed by atoms with Gasteiger partial charge in [0.15, 0.2) is 0 Å². The molecule has 3 rings (SSSR count). The van der Waals surface area contributed by atoms with E-state index < -0.39 is 0 Å². The molecule has 3 nitrogen and oxygen atoms in total. The van der Waals surface area contributed by atoms with Crippen LogP contribution in [0.4, 0.5) is 5.82 Å². The predicted molar refractivity (Wildman–Crippen MR) is 85.3 cm³/mol. The molecule has 1 atom stereocenters. The van der Waals surface area contributed by atoms with Gasteiger partial charge in [-0.25, -0.2) is 9.97 Å². The molecule has 1 N–H and O–H groups in total. The summed E-state index contributed by atoms with van der Waals surface area (Å²) < 4.78 is 1.22. The number of thioether (sulfide) groups is 1. The molecule has 2 aliphatic rings. The Hall–Kier alpha value is -0.0400. The number of aromatic nitrogens is 2. The minimum Gasteiger partial charge on any atom is -0.372 e. The van der Waals surface area contributed by atoms with E-state index in [0.29, 0.717) is 11.2 Å². The van der Waals surface area contributed by atoms with Crippen molar-refractivity contribution in [1.82, 2.24) is 9.97 Å². The lowest BCUT2D eigenvalue weighted by Crippen LogP contribution is -2.11. The molecule has 1 saturated carbocycles. The monoisotopic (exact) mass is 375 g/mol. The molecule has 1 aromatic rings. The molecule has 0 radical (unpaired) electrons. The molecule has 18 heavy (non-hydrogen) atoms. The molecule has 0 amide bonds. The van der Waals surface area contributed by atoms with Gasteiger partial charge < -0.3 is 5.32 Å². The zero-order valence-corrected chi connectivity index (χ0v) is 13.6. The van der Waals surface area contributed by atoms with Gasteiger partial charge in [-0.1, -0.05) is 6.42 Å². The van der Waals surface area contributed by atoms with Gasteiger partial charge in [0.1, 0.15) is 11.6 Å². The normalized spacial score (nSPS) is 24.0. The maximum atomic E-state index is 4.89. The van der Waals surface area contributed by atoms with E-state index in [0.717, 1.165) is 11.6 Å². The van der Waals surface area contributed by atoms with Crippen LogP contribution in [0.25, 0.3) is 0 Å². The number of anilines is 1. The number of halogens is 1. The predicted octanol–water partition coefficient (Wildman–Crippen LogP) is 3.96. The topological polar surface area (TPSA) is 37.8 Å². The summed E-state index contributed by atoms with van der Waals surface area (Å²) in [5, 5.41) is 3.74. The fourth-order valence-corrected chi connectivity index (χ4v) is 4.56. The highest BCUT2D eigenvalue weighted by Gasteiger charge is 2.30. The number of nitrogens with one attached hydrogen (secondary N) is 1. The van der Waals surface area contributed by atoms with Gasteiger partial charge in [-0.05, 0) is 54.0 Å². The molecule has 1 aliphatic carbocycles. The molecule has 0 bridgehead atoms. The molecule has 1 saturated heterocycles. The molecular weight excluding hydrogens is 357 g/mol. The van der Waals surface area contributed by atoms with Crippen LogP contribution < -0.4 is 5.32 Å². The highest BCUT2D eigenvalue weighted by molar-refractivity contribution is 14.1. The van der Waals surface area contributed by atoms with Crippen molar-refractivity contribution in [1.29, 1.82) is 0 Å². The summed E-state index contributed by atoms with van der Waals surface area (Å²) in [7, 11) is 1.96. The highest BCUT2D eigenvalue weighted by Crippen LogP contribution is 2.44. The Morgan fingerprint density at radius 2 is 2.06 bits per heavy atom. The SMILES string of the molecule is CNc1nc(C2CCCCS2)nc(C2CC2)c1I. The number of nitrogens with zero attached hydrogens (tertiary/aromatic N) is 2. The Balaban J connectivity index is 1.95. The van der Waals surface area contributed by atoms with Crippen LogP contribution in [0.1, 0.15) is 54.8 Å². The van der Waals surface area contributed by atoms with E-state index in [2.05, 4.69) is 27.9 Å². The van der Waals surface area contributed by atoms with E-state index in [9.17, 15) is 0 Å². The molecular formula is C13H18IN3S. The van der Waals surface area contributed by atoms with Crippen molar-refractivity contribution in [3.8, 4) is 0 Å². The van der Waals surface area contributed by atoms with Crippen molar-refractivity contribution in [3.63, 3.8) is 0 Å². The summed E-state index contributed by atoms with van der Waals surface area (Å²) in [6, 6.07) is 0. The van der Waals surface area contributed by atoms with Gasteiger partial charge in [-0.2, -0.15) is 11.8 Å². The van der Waals surface area contributed by atoms with Crippen LogP contribution in [0.3, 0.4) is 0 Å². The quantitative estimate of drug-likeness (QED) is 0.812. The third-order valence-corrected chi connectivity index (χ3v) is 6.00. The number of rotatable bonds is 3. The molecule has 0 aromatic carbocycles. The van der Waals surface area contributed by atoms with Crippen molar-refractivity contribution >= 4 is 40.2 Å². The van der Waals surface area contributed by atoms with Gasteiger partial charge in [0.25, 0.3) is 0 Å². The van der Waals surface area contributed by atoms with Gasteiger partial charge in [0.2, 0.25) is 0 Å².